The van der Waals surface area contributed by atoms with E-state index in [0.29, 0.717) is 12.0 Å². The molecule has 0 radical (unpaired) electrons. The molecule has 0 spiro atoms. The van der Waals surface area contributed by atoms with Crippen LogP contribution in [-0.4, -0.2) is 29.7 Å². The molecule has 0 aromatic carbocycles. The van der Waals surface area contributed by atoms with Crippen LogP contribution in [0.2, 0.25) is 0 Å². The third kappa shape index (κ3) is 3.30. The minimum atomic E-state index is -0.0817. The van der Waals surface area contributed by atoms with Gasteiger partial charge in [0.05, 0.1) is 6.10 Å². The number of hydrogen-bond acceptors (Lipinski definition) is 3. The molecule has 0 bridgehead atoms. The van der Waals surface area contributed by atoms with Crippen LogP contribution in [0, 0.1) is 5.92 Å². The molecule has 1 aromatic heterocycles. The molecule has 3 heteroatoms. The largest absolute Gasteiger partial charge is 0.393 e. The molecule has 1 aromatic rings. The van der Waals surface area contributed by atoms with E-state index in [1.807, 2.05) is 11.3 Å². The first-order valence-electron chi connectivity index (χ1n) is 6.60. The van der Waals surface area contributed by atoms with E-state index >= 15 is 0 Å². The average Bonchev–Trinajstić information content (AvgIpc) is 2.84. The topological polar surface area (TPSA) is 23.5 Å². The standard InChI is InChI=1S/C14H23NOS/c1-11(14-8-5-9-17-14)15(2)10-12-6-3-4-7-13(12)16/h5,8-9,11-13,16H,3-4,6-7,10H2,1-2H3. The first-order valence-corrected chi connectivity index (χ1v) is 7.48. The van der Waals surface area contributed by atoms with Crippen LogP contribution >= 0.6 is 11.3 Å². The van der Waals surface area contributed by atoms with E-state index in [4.69, 9.17) is 0 Å². The molecule has 2 nitrogen and oxygen atoms in total. The predicted molar refractivity (Wildman–Crippen MR) is 73.3 cm³/mol. The van der Waals surface area contributed by atoms with Crippen LogP contribution < -0.4 is 0 Å². The van der Waals surface area contributed by atoms with Crippen LogP contribution in [0.1, 0.15) is 43.5 Å². The molecule has 1 saturated carbocycles. The third-order valence-electron chi connectivity index (χ3n) is 4.01. The normalized spacial score (nSPS) is 27.3. The number of hydrogen-bond donors (Lipinski definition) is 1. The van der Waals surface area contributed by atoms with Crippen molar-refractivity contribution in [2.24, 2.45) is 5.92 Å². The molecule has 1 heterocycles. The Bertz CT molecular complexity index is 325. The van der Waals surface area contributed by atoms with Gasteiger partial charge < -0.3 is 5.11 Å². The van der Waals surface area contributed by atoms with Gasteiger partial charge in [-0.2, -0.15) is 0 Å². The number of aliphatic hydroxyl groups excluding tert-OH is 1. The molecule has 1 aliphatic rings. The Balaban J connectivity index is 1.89. The van der Waals surface area contributed by atoms with E-state index in [1.165, 1.54) is 24.1 Å². The van der Waals surface area contributed by atoms with Gasteiger partial charge in [0.15, 0.2) is 0 Å². The predicted octanol–water partition coefficient (Wildman–Crippen LogP) is 3.29. The second kappa shape index (κ2) is 5.98. The molecule has 0 saturated heterocycles. The van der Waals surface area contributed by atoms with Crippen LogP contribution in [0.25, 0.3) is 0 Å². The lowest BCUT2D eigenvalue weighted by Crippen LogP contribution is -2.36. The van der Waals surface area contributed by atoms with Gasteiger partial charge in [-0.1, -0.05) is 18.9 Å². The summed E-state index contributed by atoms with van der Waals surface area (Å²) >= 11 is 1.82. The smallest absolute Gasteiger partial charge is 0.0580 e. The Kier molecular flexibility index (Phi) is 4.60. The van der Waals surface area contributed by atoms with Gasteiger partial charge >= 0.3 is 0 Å². The number of nitrogens with zero attached hydrogens (tertiary/aromatic N) is 1. The van der Waals surface area contributed by atoms with Crippen molar-refractivity contribution in [1.82, 2.24) is 4.90 Å². The minimum Gasteiger partial charge on any atom is -0.393 e. The van der Waals surface area contributed by atoms with Gasteiger partial charge in [-0.3, -0.25) is 4.90 Å². The summed E-state index contributed by atoms with van der Waals surface area (Å²) < 4.78 is 0. The molecule has 3 unspecified atom stereocenters. The fraction of sp³-hybridized carbons (Fsp3) is 0.714. The van der Waals surface area contributed by atoms with Gasteiger partial charge in [0.25, 0.3) is 0 Å². The lowest BCUT2D eigenvalue weighted by Gasteiger charge is -2.33. The van der Waals surface area contributed by atoms with Crippen molar-refractivity contribution >= 4 is 11.3 Å². The highest BCUT2D eigenvalue weighted by Gasteiger charge is 2.25. The lowest BCUT2D eigenvalue weighted by atomic mass is 9.86. The average molecular weight is 253 g/mol. The van der Waals surface area contributed by atoms with Gasteiger partial charge in [-0.05, 0) is 44.2 Å². The fourth-order valence-corrected chi connectivity index (χ4v) is 3.52. The molecule has 0 aliphatic heterocycles. The van der Waals surface area contributed by atoms with E-state index in [1.54, 1.807) is 0 Å². The first-order chi connectivity index (χ1) is 8.18. The van der Waals surface area contributed by atoms with Crippen molar-refractivity contribution in [3.63, 3.8) is 0 Å². The summed E-state index contributed by atoms with van der Waals surface area (Å²) in [7, 11) is 2.17. The quantitative estimate of drug-likeness (QED) is 0.890. The summed E-state index contributed by atoms with van der Waals surface area (Å²) in [6, 6.07) is 4.77. The van der Waals surface area contributed by atoms with Crippen molar-refractivity contribution in [2.45, 2.75) is 44.8 Å². The van der Waals surface area contributed by atoms with Crippen molar-refractivity contribution in [3.8, 4) is 0 Å². The maximum atomic E-state index is 10.0. The molecule has 1 aliphatic carbocycles. The molecule has 2 rings (SSSR count). The molecule has 17 heavy (non-hydrogen) atoms. The summed E-state index contributed by atoms with van der Waals surface area (Å²) in [5.74, 6) is 0.469. The zero-order valence-corrected chi connectivity index (χ0v) is 11.6. The van der Waals surface area contributed by atoms with E-state index in [2.05, 4.69) is 36.4 Å². The summed E-state index contributed by atoms with van der Waals surface area (Å²) in [5.41, 5.74) is 0. The Hall–Kier alpha value is -0.380. The molecule has 3 atom stereocenters. The Morgan fingerprint density at radius 1 is 1.47 bits per heavy atom. The van der Waals surface area contributed by atoms with Crippen molar-refractivity contribution in [1.29, 1.82) is 0 Å². The van der Waals surface area contributed by atoms with Gasteiger partial charge in [-0.25, -0.2) is 0 Å². The zero-order chi connectivity index (χ0) is 12.3. The summed E-state index contributed by atoms with van der Waals surface area (Å²) in [6.07, 6.45) is 4.57. The summed E-state index contributed by atoms with van der Waals surface area (Å²) in [6.45, 7) is 3.27. The van der Waals surface area contributed by atoms with E-state index in [0.717, 1.165) is 13.0 Å². The fourth-order valence-electron chi connectivity index (χ4n) is 2.68. The minimum absolute atomic E-state index is 0.0817. The highest BCUT2D eigenvalue weighted by molar-refractivity contribution is 7.10. The van der Waals surface area contributed by atoms with E-state index in [9.17, 15) is 5.11 Å². The molecule has 1 fully saturated rings. The second-order valence-electron chi connectivity index (χ2n) is 5.24. The number of thiophene rings is 1. The van der Waals surface area contributed by atoms with Gasteiger partial charge in [0.2, 0.25) is 0 Å². The Morgan fingerprint density at radius 3 is 2.88 bits per heavy atom. The summed E-state index contributed by atoms with van der Waals surface area (Å²) in [4.78, 5) is 3.79. The summed E-state index contributed by atoms with van der Waals surface area (Å²) in [5, 5.41) is 12.1. The zero-order valence-electron chi connectivity index (χ0n) is 10.8. The monoisotopic (exact) mass is 253 g/mol. The maximum absolute atomic E-state index is 10.0. The molecular formula is C14H23NOS. The van der Waals surface area contributed by atoms with E-state index in [-0.39, 0.29) is 6.10 Å². The first kappa shape index (κ1) is 13.1. The van der Waals surface area contributed by atoms with Crippen LogP contribution in [0.4, 0.5) is 0 Å². The number of aliphatic hydroxyl groups is 1. The SMILES string of the molecule is CC(c1cccs1)N(C)CC1CCCCC1O. The second-order valence-corrected chi connectivity index (χ2v) is 6.22. The van der Waals surface area contributed by atoms with Crippen LogP contribution in [0.15, 0.2) is 17.5 Å². The highest BCUT2D eigenvalue weighted by Crippen LogP contribution is 2.29. The molecule has 1 N–H and O–H groups in total. The van der Waals surface area contributed by atoms with Gasteiger partial charge in [-0.15, -0.1) is 11.3 Å². The molecule has 96 valence electrons. The Labute approximate surface area is 108 Å². The molecular weight excluding hydrogens is 230 g/mol. The van der Waals surface area contributed by atoms with Gasteiger partial charge in [0.1, 0.15) is 0 Å². The van der Waals surface area contributed by atoms with Crippen molar-refractivity contribution in [2.75, 3.05) is 13.6 Å². The highest BCUT2D eigenvalue weighted by atomic mass is 32.1. The van der Waals surface area contributed by atoms with Crippen molar-refractivity contribution < 1.29 is 5.11 Å². The van der Waals surface area contributed by atoms with Gasteiger partial charge in [0, 0.05) is 17.5 Å². The third-order valence-corrected chi connectivity index (χ3v) is 5.05. The Morgan fingerprint density at radius 2 is 2.24 bits per heavy atom. The maximum Gasteiger partial charge on any atom is 0.0580 e. The van der Waals surface area contributed by atoms with Crippen molar-refractivity contribution in [3.05, 3.63) is 22.4 Å². The van der Waals surface area contributed by atoms with E-state index < -0.39 is 0 Å². The van der Waals surface area contributed by atoms with Crippen LogP contribution in [-0.2, 0) is 0 Å². The number of rotatable bonds is 4. The molecule has 0 amide bonds. The lowest BCUT2D eigenvalue weighted by molar-refractivity contribution is 0.0449. The van der Waals surface area contributed by atoms with Crippen LogP contribution in [0.3, 0.4) is 0 Å². The van der Waals surface area contributed by atoms with Crippen LogP contribution in [0.5, 0.6) is 0 Å².